The molecule has 0 spiro atoms. The van der Waals surface area contributed by atoms with Crippen LogP contribution in [0.25, 0.3) is 0 Å². The quantitative estimate of drug-likeness (QED) is 0.307. The first-order valence-electron chi connectivity index (χ1n) is 6.80. The lowest BCUT2D eigenvalue weighted by Crippen LogP contribution is -2.35. The Bertz CT molecular complexity index is 447. The van der Waals surface area contributed by atoms with Crippen molar-refractivity contribution in [3.05, 3.63) is 29.8 Å². The van der Waals surface area contributed by atoms with E-state index in [1.807, 2.05) is 0 Å². The lowest BCUT2D eigenvalue weighted by molar-refractivity contribution is 0.139. The largest absolute Gasteiger partial charge is 0.492 e. The Morgan fingerprint density at radius 3 is 2.80 bits per heavy atom. The first-order valence-corrected chi connectivity index (χ1v) is 6.80. The Hall–Kier alpha value is -1.79. The molecular weight excluding hydrogens is 258 g/mol. The fraction of sp³-hybridized carbons (Fsp3) is 0.500. The van der Waals surface area contributed by atoms with E-state index < -0.39 is 0 Å². The molecule has 0 saturated carbocycles. The second kappa shape index (κ2) is 7.12. The SMILES string of the molecule is NC(=NO)c1ccc(OCCN2CCCC2CO)cc1. The highest BCUT2D eigenvalue weighted by Gasteiger charge is 2.22. The van der Waals surface area contributed by atoms with E-state index in [-0.39, 0.29) is 18.5 Å². The average molecular weight is 279 g/mol. The van der Waals surface area contributed by atoms with Gasteiger partial charge in [-0.05, 0) is 43.7 Å². The molecule has 1 aliphatic rings. The van der Waals surface area contributed by atoms with Gasteiger partial charge in [-0.25, -0.2) is 0 Å². The molecule has 0 radical (unpaired) electrons. The summed E-state index contributed by atoms with van der Waals surface area (Å²) in [7, 11) is 0. The molecule has 0 aliphatic carbocycles. The second-order valence-electron chi connectivity index (χ2n) is 4.87. The number of hydrogen-bond donors (Lipinski definition) is 3. The number of amidine groups is 1. The van der Waals surface area contributed by atoms with Crippen LogP contribution < -0.4 is 10.5 Å². The molecule has 0 aromatic heterocycles. The van der Waals surface area contributed by atoms with E-state index in [9.17, 15) is 5.11 Å². The number of ether oxygens (including phenoxy) is 1. The maximum Gasteiger partial charge on any atom is 0.170 e. The molecule has 1 heterocycles. The van der Waals surface area contributed by atoms with Gasteiger partial charge in [0.2, 0.25) is 0 Å². The fourth-order valence-electron chi connectivity index (χ4n) is 2.46. The van der Waals surface area contributed by atoms with Gasteiger partial charge in [0.25, 0.3) is 0 Å². The van der Waals surface area contributed by atoms with E-state index in [1.54, 1.807) is 24.3 Å². The Balaban J connectivity index is 1.79. The molecule has 0 amide bonds. The summed E-state index contributed by atoms with van der Waals surface area (Å²) < 4.78 is 5.66. The summed E-state index contributed by atoms with van der Waals surface area (Å²) in [6.45, 7) is 2.64. The number of benzene rings is 1. The minimum atomic E-state index is 0.0828. The summed E-state index contributed by atoms with van der Waals surface area (Å²) in [5, 5.41) is 20.8. The van der Waals surface area contributed by atoms with Gasteiger partial charge in [0, 0.05) is 18.2 Å². The smallest absolute Gasteiger partial charge is 0.170 e. The predicted molar refractivity (Wildman–Crippen MR) is 76.1 cm³/mol. The van der Waals surface area contributed by atoms with Gasteiger partial charge in [0.05, 0.1) is 6.61 Å². The number of aliphatic hydroxyl groups is 1. The molecule has 1 saturated heterocycles. The molecular formula is C14H21N3O3. The fourth-order valence-corrected chi connectivity index (χ4v) is 2.46. The molecule has 1 unspecified atom stereocenters. The number of nitrogens with two attached hydrogens (primary N) is 1. The number of nitrogens with zero attached hydrogens (tertiary/aromatic N) is 2. The zero-order valence-corrected chi connectivity index (χ0v) is 11.4. The number of oxime groups is 1. The van der Waals surface area contributed by atoms with Gasteiger partial charge in [0.1, 0.15) is 12.4 Å². The summed E-state index contributed by atoms with van der Waals surface area (Å²) in [6.07, 6.45) is 2.20. The number of likely N-dealkylation sites (tertiary alicyclic amines) is 1. The van der Waals surface area contributed by atoms with Crippen LogP contribution in [0.2, 0.25) is 0 Å². The summed E-state index contributed by atoms with van der Waals surface area (Å²) >= 11 is 0. The number of rotatable bonds is 6. The highest BCUT2D eigenvalue weighted by molar-refractivity contribution is 5.97. The maximum absolute atomic E-state index is 9.23. The molecule has 1 fully saturated rings. The van der Waals surface area contributed by atoms with Crippen LogP contribution in [0.1, 0.15) is 18.4 Å². The summed E-state index contributed by atoms with van der Waals surface area (Å²) in [6, 6.07) is 7.36. The van der Waals surface area contributed by atoms with Gasteiger partial charge in [-0.15, -0.1) is 0 Å². The van der Waals surface area contributed by atoms with Gasteiger partial charge in [0.15, 0.2) is 5.84 Å². The van der Waals surface area contributed by atoms with Crippen molar-refractivity contribution in [3.63, 3.8) is 0 Å². The minimum absolute atomic E-state index is 0.0828. The van der Waals surface area contributed by atoms with Crippen LogP contribution in [-0.2, 0) is 0 Å². The first-order chi connectivity index (χ1) is 9.74. The van der Waals surface area contributed by atoms with Crippen molar-refractivity contribution in [1.29, 1.82) is 0 Å². The van der Waals surface area contributed by atoms with Gasteiger partial charge in [-0.3, -0.25) is 4.90 Å². The third-order valence-electron chi connectivity index (χ3n) is 3.61. The summed E-state index contributed by atoms with van der Waals surface area (Å²) in [5.41, 5.74) is 6.14. The third-order valence-corrected chi connectivity index (χ3v) is 3.61. The second-order valence-corrected chi connectivity index (χ2v) is 4.87. The van der Waals surface area contributed by atoms with Crippen LogP contribution in [-0.4, -0.2) is 53.4 Å². The monoisotopic (exact) mass is 279 g/mol. The molecule has 1 aromatic rings. The molecule has 20 heavy (non-hydrogen) atoms. The van der Waals surface area contributed by atoms with Gasteiger partial charge in [-0.2, -0.15) is 0 Å². The normalized spacial score (nSPS) is 20.2. The standard InChI is InChI=1S/C14H21N3O3/c15-14(16-19)11-3-5-13(6-4-11)20-9-8-17-7-1-2-12(17)10-18/h3-6,12,18-19H,1-2,7-10H2,(H2,15,16). The van der Waals surface area contributed by atoms with E-state index in [0.29, 0.717) is 12.2 Å². The number of aliphatic hydroxyl groups excluding tert-OH is 1. The topological polar surface area (TPSA) is 91.3 Å². The molecule has 110 valence electrons. The number of hydrogen-bond acceptors (Lipinski definition) is 5. The van der Waals surface area contributed by atoms with E-state index in [1.165, 1.54) is 0 Å². The van der Waals surface area contributed by atoms with Gasteiger partial charge >= 0.3 is 0 Å². The predicted octanol–water partition coefficient (Wildman–Crippen LogP) is 0.617. The molecule has 1 aliphatic heterocycles. The van der Waals surface area contributed by atoms with E-state index in [0.717, 1.165) is 31.7 Å². The van der Waals surface area contributed by atoms with Crippen LogP contribution in [0.15, 0.2) is 29.4 Å². The van der Waals surface area contributed by atoms with Crippen molar-refractivity contribution in [1.82, 2.24) is 4.90 Å². The molecule has 6 nitrogen and oxygen atoms in total. The van der Waals surface area contributed by atoms with Gasteiger partial charge < -0.3 is 20.8 Å². The van der Waals surface area contributed by atoms with Crippen LogP contribution in [0.4, 0.5) is 0 Å². The highest BCUT2D eigenvalue weighted by atomic mass is 16.5. The molecule has 1 aromatic carbocycles. The molecule has 2 rings (SSSR count). The maximum atomic E-state index is 9.23. The van der Waals surface area contributed by atoms with E-state index in [4.69, 9.17) is 15.7 Å². The summed E-state index contributed by atoms with van der Waals surface area (Å²) in [5.74, 6) is 0.832. The molecule has 4 N–H and O–H groups in total. The van der Waals surface area contributed by atoms with Crippen molar-refractivity contribution >= 4 is 5.84 Å². The van der Waals surface area contributed by atoms with Crippen molar-refractivity contribution in [2.45, 2.75) is 18.9 Å². The van der Waals surface area contributed by atoms with Crippen LogP contribution in [0.3, 0.4) is 0 Å². The lowest BCUT2D eigenvalue weighted by Gasteiger charge is -2.22. The minimum Gasteiger partial charge on any atom is -0.492 e. The van der Waals surface area contributed by atoms with Crippen LogP contribution >= 0.6 is 0 Å². The van der Waals surface area contributed by atoms with Crippen LogP contribution in [0, 0.1) is 0 Å². The van der Waals surface area contributed by atoms with Crippen molar-refractivity contribution in [2.75, 3.05) is 26.3 Å². The zero-order valence-electron chi connectivity index (χ0n) is 11.4. The Morgan fingerprint density at radius 2 is 2.15 bits per heavy atom. The third kappa shape index (κ3) is 3.61. The summed E-state index contributed by atoms with van der Waals surface area (Å²) in [4.78, 5) is 2.25. The Labute approximate surface area is 118 Å². The van der Waals surface area contributed by atoms with E-state index in [2.05, 4.69) is 10.1 Å². The zero-order chi connectivity index (χ0) is 14.4. The van der Waals surface area contributed by atoms with E-state index >= 15 is 0 Å². The van der Waals surface area contributed by atoms with Crippen molar-refractivity contribution in [2.24, 2.45) is 10.9 Å². The first kappa shape index (κ1) is 14.6. The average Bonchev–Trinajstić information content (AvgIpc) is 2.94. The lowest BCUT2D eigenvalue weighted by atomic mass is 10.2. The molecule has 6 heteroatoms. The van der Waals surface area contributed by atoms with Crippen molar-refractivity contribution in [3.8, 4) is 5.75 Å². The van der Waals surface area contributed by atoms with Crippen molar-refractivity contribution < 1.29 is 15.1 Å². The van der Waals surface area contributed by atoms with Crippen LogP contribution in [0.5, 0.6) is 5.75 Å². The Morgan fingerprint density at radius 1 is 1.40 bits per heavy atom. The Kier molecular flexibility index (Phi) is 5.20. The highest BCUT2D eigenvalue weighted by Crippen LogP contribution is 2.17. The van der Waals surface area contributed by atoms with Gasteiger partial charge in [-0.1, -0.05) is 5.16 Å². The molecule has 1 atom stereocenters. The molecule has 0 bridgehead atoms.